The van der Waals surface area contributed by atoms with E-state index < -0.39 is 0 Å². The molecule has 0 aliphatic heterocycles. The second kappa shape index (κ2) is 6.06. The van der Waals surface area contributed by atoms with Gasteiger partial charge in [-0.15, -0.1) is 0 Å². The van der Waals surface area contributed by atoms with Crippen LogP contribution in [0.4, 0.5) is 0 Å². The van der Waals surface area contributed by atoms with Crippen molar-refractivity contribution in [3.63, 3.8) is 0 Å². The molecule has 1 unspecified atom stereocenters. The maximum Gasteiger partial charge on any atom is 0.178 e. The molecule has 2 aromatic rings. The first-order chi connectivity index (χ1) is 9.50. The van der Waals surface area contributed by atoms with E-state index >= 15 is 0 Å². The average molecular weight is 270 g/mol. The second-order valence-electron chi connectivity index (χ2n) is 5.28. The molecule has 0 spiro atoms. The Morgan fingerprint density at radius 2 is 1.90 bits per heavy atom. The Morgan fingerprint density at radius 1 is 1.25 bits per heavy atom. The smallest absolute Gasteiger partial charge is 0.178 e. The third kappa shape index (κ3) is 2.99. The number of ketones is 1. The van der Waals surface area contributed by atoms with Gasteiger partial charge in [0.05, 0.1) is 6.54 Å². The van der Waals surface area contributed by atoms with Gasteiger partial charge in [-0.2, -0.15) is 0 Å². The zero-order chi connectivity index (χ0) is 14.7. The van der Waals surface area contributed by atoms with Gasteiger partial charge in [0.25, 0.3) is 0 Å². The summed E-state index contributed by atoms with van der Waals surface area (Å²) in [5, 5.41) is 3.29. The summed E-state index contributed by atoms with van der Waals surface area (Å²) in [7, 11) is 1.99. The predicted octanol–water partition coefficient (Wildman–Crippen LogP) is 3.18. The lowest BCUT2D eigenvalue weighted by atomic mass is 10.1. The number of carbonyl (C=O) groups is 1. The highest BCUT2D eigenvalue weighted by Crippen LogP contribution is 2.15. The first-order valence-electron chi connectivity index (χ1n) is 6.95. The standard InChI is InChI=1S/C17H22N2O/c1-12-10-16(14(3)19(12)4)17(20)11-18-13(2)15-8-6-5-7-9-15/h5-10,13,18H,11H2,1-4H3. The Hall–Kier alpha value is -1.87. The molecule has 1 N–H and O–H groups in total. The van der Waals surface area contributed by atoms with Crippen molar-refractivity contribution in [1.29, 1.82) is 0 Å². The zero-order valence-electron chi connectivity index (χ0n) is 12.6. The van der Waals surface area contributed by atoms with Gasteiger partial charge < -0.3 is 9.88 Å². The van der Waals surface area contributed by atoms with Crippen LogP contribution in [0.2, 0.25) is 0 Å². The lowest BCUT2D eigenvalue weighted by molar-refractivity contribution is 0.0987. The van der Waals surface area contributed by atoms with Crippen LogP contribution in [0.1, 0.15) is 40.3 Å². The highest BCUT2D eigenvalue weighted by molar-refractivity contribution is 5.99. The van der Waals surface area contributed by atoms with E-state index in [9.17, 15) is 4.79 Å². The molecule has 0 aliphatic rings. The number of aryl methyl sites for hydroxylation is 1. The Balaban J connectivity index is 2.00. The number of Topliss-reactive ketones (excluding diaryl/α,β-unsaturated/α-hetero) is 1. The van der Waals surface area contributed by atoms with Crippen molar-refractivity contribution in [1.82, 2.24) is 9.88 Å². The lowest BCUT2D eigenvalue weighted by Gasteiger charge is -2.13. The number of benzene rings is 1. The van der Waals surface area contributed by atoms with Gasteiger partial charge in [-0.05, 0) is 32.4 Å². The van der Waals surface area contributed by atoms with Gasteiger partial charge in [0.1, 0.15) is 0 Å². The molecule has 20 heavy (non-hydrogen) atoms. The fourth-order valence-electron chi connectivity index (χ4n) is 2.34. The predicted molar refractivity (Wildman–Crippen MR) is 82.1 cm³/mol. The minimum Gasteiger partial charge on any atom is -0.351 e. The monoisotopic (exact) mass is 270 g/mol. The van der Waals surface area contributed by atoms with E-state index in [1.807, 2.05) is 49.7 Å². The molecular formula is C17H22N2O. The number of rotatable bonds is 5. The Labute approximate surface area is 120 Å². The van der Waals surface area contributed by atoms with Gasteiger partial charge in [-0.25, -0.2) is 0 Å². The van der Waals surface area contributed by atoms with E-state index in [0.29, 0.717) is 6.54 Å². The van der Waals surface area contributed by atoms with Crippen molar-refractivity contribution < 1.29 is 4.79 Å². The summed E-state index contributed by atoms with van der Waals surface area (Å²) in [6.45, 7) is 6.44. The summed E-state index contributed by atoms with van der Waals surface area (Å²) >= 11 is 0. The molecule has 1 aromatic heterocycles. The summed E-state index contributed by atoms with van der Waals surface area (Å²) in [5.74, 6) is 0.147. The van der Waals surface area contributed by atoms with E-state index in [2.05, 4.69) is 24.4 Å². The van der Waals surface area contributed by atoms with Crippen molar-refractivity contribution in [2.45, 2.75) is 26.8 Å². The van der Waals surface area contributed by atoms with Gasteiger partial charge in [-0.1, -0.05) is 30.3 Å². The van der Waals surface area contributed by atoms with E-state index in [1.54, 1.807) is 0 Å². The summed E-state index contributed by atoms with van der Waals surface area (Å²) in [6.07, 6.45) is 0. The van der Waals surface area contributed by atoms with Crippen LogP contribution in [0.25, 0.3) is 0 Å². The highest BCUT2D eigenvalue weighted by atomic mass is 16.1. The molecule has 0 amide bonds. The average Bonchev–Trinajstić information content (AvgIpc) is 2.73. The first kappa shape index (κ1) is 14.5. The van der Waals surface area contributed by atoms with Crippen LogP contribution < -0.4 is 5.32 Å². The quantitative estimate of drug-likeness (QED) is 0.847. The molecule has 0 bridgehead atoms. The van der Waals surface area contributed by atoms with Crippen LogP contribution in [0.15, 0.2) is 36.4 Å². The third-order valence-corrected chi connectivity index (χ3v) is 3.94. The third-order valence-electron chi connectivity index (χ3n) is 3.94. The van der Waals surface area contributed by atoms with Crippen LogP contribution in [-0.4, -0.2) is 16.9 Å². The Morgan fingerprint density at radius 3 is 2.45 bits per heavy atom. The minimum absolute atomic E-state index is 0.147. The topological polar surface area (TPSA) is 34.0 Å². The van der Waals surface area contributed by atoms with Crippen LogP contribution in [0, 0.1) is 13.8 Å². The summed E-state index contributed by atoms with van der Waals surface area (Å²) < 4.78 is 2.05. The van der Waals surface area contributed by atoms with Crippen molar-refractivity contribution in [3.8, 4) is 0 Å². The van der Waals surface area contributed by atoms with Crippen molar-refractivity contribution >= 4 is 5.78 Å². The van der Waals surface area contributed by atoms with E-state index in [0.717, 1.165) is 17.0 Å². The van der Waals surface area contributed by atoms with Crippen molar-refractivity contribution in [2.75, 3.05) is 6.54 Å². The first-order valence-corrected chi connectivity index (χ1v) is 6.95. The fourth-order valence-corrected chi connectivity index (χ4v) is 2.34. The molecule has 0 saturated carbocycles. The second-order valence-corrected chi connectivity index (χ2v) is 5.28. The van der Waals surface area contributed by atoms with Gasteiger partial charge >= 0.3 is 0 Å². The molecule has 0 aliphatic carbocycles. The molecule has 0 fully saturated rings. The zero-order valence-corrected chi connectivity index (χ0v) is 12.6. The van der Waals surface area contributed by atoms with Crippen molar-refractivity contribution in [3.05, 3.63) is 58.9 Å². The van der Waals surface area contributed by atoms with Crippen LogP contribution >= 0.6 is 0 Å². The van der Waals surface area contributed by atoms with E-state index in [4.69, 9.17) is 0 Å². The van der Waals surface area contributed by atoms with E-state index in [1.165, 1.54) is 5.56 Å². The number of hydrogen-bond acceptors (Lipinski definition) is 2. The normalized spacial score (nSPS) is 12.4. The highest BCUT2D eigenvalue weighted by Gasteiger charge is 2.14. The SMILES string of the molecule is Cc1cc(C(=O)CNC(C)c2ccccc2)c(C)n1C. The summed E-state index contributed by atoms with van der Waals surface area (Å²) in [6, 6.07) is 12.3. The molecule has 1 heterocycles. The molecule has 106 valence electrons. The van der Waals surface area contributed by atoms with E-state index in [-0.39, 0.29) is 11.8 Å². The van der Waals surface area contributed by atoms with Gasteiger partial charge in [0.15, 0.2) is 5.78 Å². The van der Waals surface area contributed by atoms with Crippen LogP contribution in [0.5, 0.6) is 0 Å². The van der Waals surface area contributed by atoms with Gasteiger partial charge in [0, 0.05) is 30.0 Å². The number of nitrogens with zero attached hydrogens (tertiary/aromatic N) is 1. The fraction of sp³-hybridized carbons (Fsp3) is 0.353. The number of hydrogen-bond donors (Lipinski definition) is 1. The van der Waals surface area contributed by atoms with Gasteiger partial charge in [-0.3, -0.25) is 4.79 Å². The largest absolute Gasteiger partial charge is 0.351 e. The van der Waals surface area contributed by atoms with Gasteiger partial charge in [0.2, 0.25) is 0 Å². The molecule has 3 nitrogen and oxygen atoms in total. The molecule has 0 radical (unpaired) electrons. The summed E-state index contributed by atoms with van der Waals surface area (Å²) in [5.41, 5.74) is 4.16. The Bertz CT molecular complexity index is 599. The maximum absolute atomic E-state index is 12.3. The molecule has 1 aromatic carbocycles. The number of nitrogens with one attached hydrogen (secondary N) is 1. The number of carbonyl (C=O) groups excluding carboxylic acids is 1. The van der Waals surface area contributed by atoms with Crippen LogP contribution in [0.3, 0.4) is 0 Å². The molecular weight excluding hydrogens is 248 g/mol. The number of aromatic nitrogens is 1. The molecule has 3 heteroatoms. The summed E-state index contributed by atoms with van der Waals surface area (Å²) in [4.78, 5) is 12.3. The molecule has 2 rings (SSSR count). The maximum atomic E-state index is 12.3. The lowest BCUT2D eigenvalue weighted by Crippen LogP contribution is -2.26. The van der Waals surface area contributed by atoms with Crippen LogP contribution in [-0.2, 0) is 7.05 Å². The Kier molecular flexibility index (Phi) is 4.40. The minimum atomic E-state index is 0.147. The molecule has 0 saturated heterocycles. The van der Waals surface area contributed by atoms with Crippen molar-refractivity contribution in [2.24, 2.45) is 7.05 Å². The molecule has 1 atom stereocenters.